The summed E-state index contributed by atoms with van der Waals surface area (Å²) in [5.74, 6) is 1.08. The van der Waals surface area contributed by atoms with Crippen LogP contribution in [-0.4, -0.2) is 10.7 Å². The van der Waals surface area contributed by atoms with Crippen LogP contribution in [0.4, 0.5) is 0 Å². The number of thiazole rings is 1. The van der Waals surface area contributed by atoms with Crippen LogP contribution in [0.3, 0.4) is 0 Å². The van der Waals surface area contributed by atoms with Gasteiger partial charge in [0, 0.05) is 23.2 Å². The minimum Gasteiger partial charge on any atom is -0.235 e. The Balaban J connectivity index is 2.10. The molecule has 0 atom stereocenters. The quantitative estimate of drug-likeness (QED) is 0.555. The topological polar surface area (TPSA) is 36.7 Å². The van der Waals surface area contributed by atoms with E-state index in [4.69, 9.17) is 5.26 Å². The fraction of sp³-hybridized carbons (Fsp3) is 0.556. The van der Waals surface area contributed by atoms with E-state index in [0.29, 0.717) is 6.42 Å². The summed E-state index contributed by atoms with van der Waals surface area (Å²) in [6, 6.07) is 2.15. The van der Waals surface area contributed by atoms with Gasteiger partial charge in [0.2, 0.25) is 0 Å². The van der Waals surface area contributed by atoms with Crippen LogP contribution < -0.4 is 0 Å². The van der Waals surface area contributed by atoms with Crippen LogP contribution in [0.5, 0.6) is 0 Å². The van der Waals surface area contributed by atoms with Crippen molar-refractivity contribution in [3.63, 3.8) is 0 Å². The van der Waals surface area contributed by atoms with E-state index in [1.807, 2.05) is 6.92 Å². The fourth-order valence-corrected chi connectivity index (χ4v) is 2.78. The molecule has 0 aliphatic carbocycles. The molecule has 0 bridgehead atoms. The number of rotatable bonds is 5. The maximum atomic E-state index is 8.32. The van der Waals surface area contributed by atoms with Crippen molar-refractivity contribution in [2.24, 2.45) is 0 Å². The van der Waals surface area contributed by atoms with Crippen molar-refractivity contribution < 1.29 is 0 Å². The van der Waals surface area contributed by atoms with Crippen molar-refractivity contribution in [3.05, 3.63) is 11.1 Å². The molecule has 0 aliphatic rings. The summed E-state index contributed by atoms with van der Waals surface area (Å²) < 4.78 is 1.15. The standard InChI is InChI=1S/C9H12N2S2/c1-8-7-13-9(11-8)12-6-4-2-3-5-10/h7H,2-4,6H2,1H3. The van der Waals surface area contributed by atoms with E-state index < -0.39 is 0 Å². The van der Waals surface area contributed by atoms with Crippen molar-refractivity contribution in [1.82, 2.24) is 4.98 Å². The molecule has 13 heavy (non-hydrogen) atoms. The van der Waals surface area contributed by atoms with Crippen LogP contribution in [0.25, 0.3) is 0 Å². The van der Waals surface area contributed by atoms with Crippen LogP contribution in [0, 0.1) is 18.3 Å². The summed E-state index contributed by atoms with van der Waals surface area (Å²) >= 11 is 3.49. The van der Waals surface area contributed by atoms with E-state index in [9.17, 15) is 0 Å². The highest BCUT2D eigenvalue weighted by Gasteiger charge is 1.98. The second kappa shape index (κ2) is 6.01. The number of aryl methyl sites for hydroxylation is 1. The molecular formula is C9H12N2S2. The summed E-state index contributed by atoms with van der Waals surface area (Å²) in [6.45, 7) is 2.01. The van der Waals surface area contributed by atoms with Gasteiger partial charge in [-0.1, -0.05) is 11.8 Å². The van der Waals surface area contributed by atoms with Gasteiger partial charge in [-0.2, -0.15) is 5.26 Å². The lowest BCUT2D eigenvalue weighted by Gasteiger charge is -1.94. The highest BCUT2D eigenvalue weighted by atomic mass is 32.2. The molecule has 0 radical (unpaired) electrons. The molecule has 0 unspecified atom stereocenters. The van der Waals surface area contributed by atoms with E-state index >= 15 is 0 Å². The first kappa shape index (κ1) is 10.6. The maximum Gasteiger partial charge on any atom is 0.150 e. The van der Waals surface area contributed by atoms with Gasteiger partial charge in [-0.3, -0.25) is 0 Å². The smallest absolute Gasteiger partial charge is 0.150 e. The summed E-state index contributed by atoms with van der Waals surface area (Å²) in [5.41, 5.74) is 1.10. The first-order valence-electron chi connectivity index (χ1n) is 4.25. The average Bonchev–Trinajstić information content (AvgIpc) is 2.51. The molecule has 0 saturated heterocycles. The minimum absolute atomic E-state index is 0.678. The van der Waals surface area contributed by atoms with Gasteiger partial charge in [0.1, 0.15) is 4.34 Å². The van der Waals surface area contributed by atoms with Crippen molar-refractivity contribution in [2.75, 3.05) is 5.75 Å². The lowest BCUT2D eigenvalue weighted by atomic mass is 10.3. The van der Waals surface area contributed by atoms with Gasteiger partial charge in [0.25, 0.3) is 0 Å². The molecule has 1 aromatic rings. The first-order chi connectivity index (χ1) is 6.33. The van der Waals surface area contributed by atoms with Gasteiger partial charge in [0.15, 0.2) is 0 Å². The van der Waals surface area contributed by atoms with E-state index in [1.54, 1.807) is 23.1 Å². The Morgan fingerprint density at radius 1 is 1.62 bits per heavy atom. The van der Waals surface area contributed by atoms with Crippen LogP contribution in [0.2, 0.25) is 0 Å². The Labute approximate surface area is 87.0 Å². The van der Waals surface area contributed by atoms with E-state index in [2.05, 4.69) is 16.4 Å². The lowest BCUT2D eigenvalue weighted by Crippen LogP contribution is -1.80. The molecule has 0 saturated carbocycles. The van der Waals surface area contributed by atoms with Gasteiger partial charge in [-0.05, 0) is 19.8 Å². The molecule has 2 nitrogen and oxygen atoms in total. The van der Waals surface area contributed by atoms with Gasteiger partial charge in [0.05, 0.1) is 6.07 Å². The van der Waals surface area contributed by atoms with E-state index in [-0.39, 0.29) is 0 Å². The number of nitriles is 1. The molecule has 0 N–H and O–H groups in total. The zero-order valence-electron chi connectivity index (χ0n) is 7.62. The Morgan fingerprint density at radius 2 is 2.46 bits per heavy atom. The minimum atomic E-state index is 0.678. The van der Waals surface area contributed by atoms with Crippen molar-refractivity contribution in [1.29, 1.82) is 5.26 Å². The van der Waals surface area contributed by atoms with Crippen LogP contribution in [0.1, 0.15) is 25.0 Å². The van der Waals surface area contributed by atoms with Crippen LogP contribution >= 0.6 is 23.1 Å². The second-order valence-electron chi connectivity index (χ2n) is 2.72. The number of hydrogen-bond donors (Lipinski definition) is 0. The van der Waals surface area contributed by atoms with Crippen LogP contribution in [0.15, 0.2) is 9.72 Å². The average molecular weight is 212 g/mol. The number of hydrogen-bond acceptors (Lipinski definition) is 4. The number of aromatic nitrogens is 1. The van der Waals surface area contributed by atoms with Gasteiger partial charge >= 0.3 is 0 Å². The molecule has 0 amide bonds. The molecule has 0 spiro atoms. The van der Waals surface area contributed by atoms with Crippen molar-refractivity contribution in [3.8, 4) is 6.07 Å². The SMILES string of the molecule is Cc1csc(SCCCCC#N)n1. The monoisotopic (exact) mass is 212 g/mol. The molecular weight excluding hydrogens is 200 g/mol. The molecule has 0 aliphatic heterocycles. The predicted octanol–water partition coefficient (Wildman–Crippen LogP) is 3.24. The van der Waals surface area contributed by atoms with Crippen molar-refractivity contribution in [2.45, 2.75) is 30.5 Å². The highest BCUT2D eigenvalue weighted by Crippen LogP contribution is 2.23. The summed E-state index contributed by atoms with van der Waals surface area (Å²) in [7, 11) is 0. The number of nitrogens with zero attached hydrogens (tertiary/aromatic N) is 2. The fourth-order valence-electron chi connectivity index (χ4n) is 0.864. The molecule has 1 heterocycles. The lowest BCUT2D eigenvalue weighted by molar-refractivity contribution is 0.830. The summed E-state index contributed by atoms with van der Waals surface area (Å²) in [4.78, 5) is 4.34. The van der Waals surface area contributed by atoms with Gasteiger partial charge in [-0.15, -0.1) is 11.3 Å². The predicted molar refractivity (Wildman–Crippen MR) is 57.0 cm³/mol. The largest absolute Gasteiger partial charge is 0.235 e. The Kier molecular flexibility index (Phi) is 4.87. The molecule has 1 aromatic heterocycles. The number of unbranched alkanes of at least 4 members (excludes halogenated alkanes) is 2. The third-order valence-corrected chi connectivity index (χ3v) is 3.73. The van der Waals surface area contributed by atoms with Crippen molar-refractivity contribution >= 4 is 23.1 Å². The zero-order chi connectivity index (χ0) is 9.52. The van der Waals surface area contributed by atoms with Crippen LogP contribution in [-0.2, 0) is 0 Å². The Morgan fingerprint density at radius 3 is 3.08 bits per heavy atom. The van der Waals surface area contributed by atoms with E-state index in [0.717, 1.165) is 28.6 Å². The molecule has 0 fully saturated rings. The third-order valence-electron chi connectivity index (χ3n) is 1.51. The second-order valence-corrected chi connectivity index (χ2v) is 4.92. The maximum absolute atomic E-state index is 8.32. The molecule has 1 rings (SSSR count). The highest BCUT2D eigenvalue weighted by molar-refractivity contribution is 8.00. The first-order valence-corrected chi connectivity index (χ1v) is 6.11. The summed E-state index contributed by atoms with van der Waals surface area (Å²) in [6.07, 6.45) is 2.79. The Hall–Kier alpha value is -0.530. The zero-order valence-corrected chi connectivity index (χ0v) is 9.25. The summed E-state index contributed by atoms with van der Waals surface area (Å²) in [5, 5.41) is 10.4. The van der Waals surface area contributed by atoms with E-state index in [1.165, 1.54) is 0 Å². The number of thioether (sulfide) groups is 1. The Bertz CT molecular complexity index is 288. The van der Waals surface area contributed by atoms with Gasteiger partial charge in [-0.25, -0.2) is 4.98 Å². The molecule has 4 heteroatoms. The normalized spacial score (nSPS) is 9.85. The third kappa shape index (κ3) is 4.30. The molecule has 0 aromatic carbocycles. The van der Waals surface area contributed by atoms with Gasteiger partial charge < -0.3 is 0 Å². The molecule has 70 valence electrons.